The van der Waals surface area contributed by atoms with E-state index in [4.69, 9.17) is 37.0 Å². The van der Waals surface area contributed by atoms with Crippen LogP contribution in [0.15, 0.2) is 0 Å². The molecule has 3 N–H and O–H groups in total. The van der Waals surface area contributed by atoms with Gasteiger partial charge in [-0.05, 0) is 37.5 Å². The van der Waals surface area contributed by atoms with Crippen molar-refractivity contribution in [2.24, 2.45) is 11.8 Å². The van der Waals surface area contributed by atoms with Gasteiger partial charge in [0, 0.05) is 25.7 Å². The van der Waals surface area contributed by atoms with Crippen LogP contribution in [0.3, 0.4) is 0 Å². The van der Waals surface area contributed by atoms with Crippen LogP contribution in [-0.4, -0.2) is 96.7 Å². The van der Waals surface area contributed by atoms with Crippen LogP contribution < -0.4 is 0 Å². The van der Waals surface area contributed by atoms with Gasteiger partial charge in [0.05, 0.1) is 26.4 Å². The van der Waals surface area contributed by atoms with E-state index in [0.717, 1.165) is 108 Å². The smallest absolute Gasteiger partial charge is 0.462 e. The van der Waals surface area contributed by atoms with E-state index in [-0.39, 0.29) is 25.7 Å². The minimum absolute atomic E-state index is 0.107. The Balaban J connectivity index is 5.15. The molecule has 0 saturated heterocycles. The zero-order valence-corrected chi connectivity index (χ0v) is 60.9. The van der Waals surface area contributed by atoms with Crippen molar-refractivity contribution in [3.8, 4) is 0 Å². The Morgan fingerprint density at radius 3 is 0.835 bits per heavy atom. The number of rotatable bonds is 71. The third-order valence-electron chi connectivity index (χ3n) is 17.1. The molecule has 3 unspecified atom stereocenters. The second-order valence-corrected chi connectivity index (χ2v) is 29.6. The van der Waals surface area contributed by atoms with Crippen LogP contribution in [0.25, 0.3) is 0 Å². The zero-order valence-electron chi connectivity index (χ0n) is 59.1. The predicted octanol–water partition coefficient (Wildman–Crippen LogP) is 20.8. The number of hydrogen-bond donors (Lipinski definition) is 3. The van der Waals surface area contributed by atoms with Crippen LogP contribution in [0.2, 0.25) is 0 Å². The quantitative estimate of drug-likeness (QED) is 0.0222. The Bertz CT molecular complexity index is 1770. The molecule has 0 aromatic rings. The number of carbonyl (C=O) groups excluding carboxylic acids is 4. The molecule has 19 heteroatoms. The third kappa shape index (κ3) is 65.1. The zero-order chi connectivity index (χ0) is 67.2. The topological polar surface area (TPSA) is 237 Å². The second-order valence-electron chi connectivity index (χ2n) is 26.7. The monoisotopic (exact) mass is 1340 g/mol. The SMILES string of the molecule is CCCCCCCCCCCCCCCC(=O)O[C@H](COC(=O)CCCCCCC)COP(=O)(O)OC[C@H](O)COP(=O)(O)OC[C@@H](COC(=O)CCCCCCCCCCCCC(C)CC)OC(=O)CCCCCCCCCCCCCCCCCCC(C)C. The summed E-state index contributed by atoms with van der Waals surface area (Å²) in [6.45, 7) is 9.54. The van der Waals surface area contributed by atoms with Crippen LogP contribution in [0.4, 0.5) is 0 Å². The molecule has 0 spiro atoms. The molecule has 0 heterocycles. The molecule has 0 aliphatic rings. The van der Waals surface area contributed by atoms with Gasteiger partial charge in [0.15, 0.2) is 12.2 Å². The highest BCUT2D eigenvalue weighted by Crippen LogP contribution is 2.45. The summed E-state index contributed by atoms with van der Waals surface area (Å²) in [7, 11) is -9.89. The lowest BCUT2D eigenvalue weighted by Crippen LogP contribution is -2.30. The third-order valence-corrected chi connectivity index (χ3v) is 19.0. The van der Waals surface area contributed by atoms with Crippen LogP contribution in [0.5, 0.6) is 0 Å². The molecule has 0 aliphatic heterocycles. The second kappa shape index (κ2) is 64.1. The van der Waals surface area contributed by atoms with Gasteiger partial charge in [0.1, 0.15) is 19.3 Å². The van der Waals surface area contributed by atoms with Gasteiger partial charge in [0.25, 0.3) is 0 Å². The summed E-state index contributed by atoms with van der Waals surface area (Å²) in [5.74, 6) is -0.512. The summed E-state index contributed by atoms with van der Waals surface area (Å²) >= 11 is 0. The lowest BCUT2D eigenvalue weighted by molar-refractivity contribution is -0.161. The number of carbonyl (C=O) groups is 4. The van der Waals surface area contributed by atoms with Crippen molar-refractivity contribution in [3.05, 3.63) is 0 Å². The first-order valence-corrected chi connectivity index (χ1v) is 40.5. The minimum atomic E-state index is -4.95. The summed E-state index contributed by atoms with van der Waals surface area (Å²) in [5, 5.41) is 10.6. The van der Waals surface area contributed by atoms with Crippen molar-refractivity contribution in [1.82, 2.24) is 0 Å². The van der Waals surface area contributed by atoms with Crippen LogP contribution in [0, 0.1) is 11.8 Å². The number of phosphoric ester groups is 2. The molecule has 0 radical (unpaired) electrons. The molecule has 0 aromatic heterocycles. The fourth-order valence-electron chi connectivity index (χ4n) is 10.9. The fraction of sp³-hybridized carbons (Fsp3) is 0.944. The van der Waals surface area contributed by atoms with E-state index >= 15 is 0 Å². The van der Waals surface area contributed by atoms with Gasteiger partial charge in [-0.3, -0.25) is 37.3 Å². The lowest BCUT2D eigenvalue weighted by atomic mass is 9.99. The molecule has 17 nitrogen and oxygen atoms in total. The van der Waals surface area contributed by atoms with Gasteiger partial charge in [-0.25, -0.2) is 9.13 Å². The molecule has 0 bridgehead atoms. The Morgan fingerprint density at radius 1 is 0.319 bits per heavy atom. The van der Waals surface area contributed by atoms with Gasteiger partial charge in [-0.1, -0.05) is 318 Å². The average molecular weight is 1340 g/mol. The summed E-state index contributed by atoms with van der Waals surface area (Å²) in [6.07, 6.45) is 50.2. The van der Waals surface area contributed by atoms with Gasteiger partial charge >= 0.3 is 39.5 Å². The van der Waals surface area contributed by atoms with Crippen molar-refractivity contribution in [3.63, 3.8) is 0 Å². The molecule has 0 aromatic carbocycles. The van der Waals surface area contributed by atoms with Gasteiger partial charge in [-0.15, -0.1) is 0 Å². The van der Waals surface area contributed by atoms with Crippen LogP contribution in [-0.2, 0) is 65.4 Å². The van der Waals surface area contributed by atoms with Gasteiger partial charge in [0.2, 0.25) is 0 Å². The van der Waals surface area contributed by atoms with E-state index in [1.54, 1.807) is 0 Å². The molecule has 0 fully saturated rings. The number of phosphoric acid groups is 2. The van der Waals surface area contributed by atoms with Crippen molar-refractivity contribution < 1.29 is 80.2 Å². The van der Waals surface area contributed by atoms with E-state index < -0.39 is 97.5 Å². The Hall–Kier alpha value is -1.94. The number of hydrogen-bond acceptors (Lipinski definition) is 15. The van der Waals surface area contributed by atoms with E-state index in [0.29, 0.717) is 25.7 Å². The molecule has 91 heavy (non-hydrogen) atoms. The molecular formula is C72H140O17P2. The summed E-state index contributed by atoms with van der Waals surface area (Å²) in [4.78, 5) is 72.4. The minimum Gasteiger partial charge on any atom is -0.462 e. The molecule has 0 aliphatic carbocycles. The van der Waals surface area contributed by atoms with Crippen molar-refractivity contribution in [2.75, 3.05) is 39.6 Å². The predicted molar refractivity (Wildman–Crippen MR) is 368 cm³/mol. The highest BCUT2D eigenvalue weighted by molar-refractivity contribution is 7.47. The fourth-order valence-corrected chi connectivity index (χ4v) is 12.5. The number of aliphatic hydroxyl groups is 1. The number of ether oxygens (including phenoxy) is 4. The molecule has 0 saturated carbocycles. The van der Waals surface area contributed by atoms with E-state index in [1.807, 2.05) is 0 Å². The maximum Gasteiger partial charge on any atom is 0.472 e. The largest absolute Gasteiger partial charge is 0.472 e. The van der Waals surface area contributed by atoms with E-state index in [2.05, 4.69) is 41.5 Å². The molecule has 0 rings (SSSR count). The van der Waals surface area contributed by atoms with Gasteiger partial charge in [-0.2, -0.15) is 0 Å². The summed E-state index contributed by atoms with van der Waals surface area (Å²) in [6, 6.07) is 0. The Labute approximate surface area is 556 Å². The normalized spacial score (nSPS) is 14.4. The first-order valence-electron chi connectivity index (χ1n) is 37.5. The Morgan fingerprint density at radius 2 is 0.560 bits per heavy atom. The Kier molecular flexibility index (Phi) is 62.7. The van der Waals surface area contributed by atoms with Crippen LogP contribution in [0.1, 0.15) is 369 Å². The van der Waals surface area contributed by atoms with Crippen LogP contribution >= 0.6 is 15.6 Å². The highest BCUT2D eigenvalue weighted by Gasteiger charge is 2.30. The van der Waals surface area contributed by atoms with E-state index in [1.165, 1.54) is 180 Å². The summed E-state index contributed by atoms with van der Waals surface area (Å²) in [5.41, 5.74) is 0. The number of esters is 4. The molecule has 6 atom stereocenters. The molecule has 0 amide bonds. The lowest BCUT2D eigenvalue weighted by Gasteiger charge is -2.21. The van der Waals surface area contributed by atoms with Crippen molar-refractivity contribution in [2.45, 2.75) is 387 Å². The first kappa shape index (κ1) is 89.1. The molecule has 540 valence electrons. The molecular weight excluding hydrogens is 1200 g/mol. The number of unbranched alkanes of at least 4 members (excludes halogenated alkanes) is 40. The summed E-state index contributed by atoms with van der Waals surface area (Å²) < 4.78 is 68.2. The average Bonchev–Trinajstić information content (AvgIpc) is 3.56. The van der Waals surface area contributed by atoms with Crippen molar-refractivity contribution >= 4 is 39.5 Å². The van der Waals surface area contributed by atoms with E-state index in [9.17, 15) is 43.2 Å². The maximum atomic E-state index is 13.0. The maximum absolute atomic E-state index is 13.0. The number of aliphatic hydroxyl groups excluding tert-OH is 1. The van der Waals surface area contributed by atoms with Gasteiger partial charge < -0.3 is 33.8 Å². The first-order chi connectivity index (χ1) is 43.9. The highest BCUT2D eigenvalue weighted by atomic mass is 31.2. The van der Waals surface area contributed by atoms with Crippen molar-refractivity contribution in [1.29, 1.82) is 0 Å². The standard InChI is InChI=1S/C72H140O17P2/c1-7-10-12-14-15-16-17-22-26-33-38-44-50-56-71(76)88-67(60-82-69(74)54-48-40-13-11-8-2)62-86-90(78,79)84-58-66(73)59-85-91(80,81)87-63-68(61-83-70(75)55-49-43-37-32-29-28-31-36-42-47-53-65(6)9-3)89-72(77)57-51-45-39-34-27-24-21-19-18-20-23-25-30-35-41-46-52-64(4)5/h64-68,73H,7-63H2,1-6H3,(H,78,79)(H,80,81)/t65?,66-,67+,68+/m0/s1.